The van der Waals surface area contributed by atoms with E-state index in [0.29, 0.717) is 0 Å². The van der Waals surface area contributed by atoms with Gasteiger partial charge in [-0.05, 0) is 464 Å². The van der Waals surface area contributed by atoms with Gasteiger partial charge in [0, 0.05) is 71.1 Å². The first kappa shape index (κ1) is 89.1. The Kier molecular flexibility index (Phi) is 22.9. The molecule has 16 aliphatic carbocycles. The van der Waals surface area contributed by atoms with Crippen molar-refractivity contribution in [3.8, 4) is 22.3 Å². The smallest absolute Gasteiger partial charge is 0.0713 e. The van der Waals surface area contributed by atoms with Gasteiger partial charge in [-0.15, -0.1) is 11.3 Å². The monoisotopic (exact) mass is 1900 g/mol. The van der Waals surface area contributed by atoms with E-state index in [4.69, 9.17) is 0 Å². The molecule has 18 atom stereocenters. The summed E-state index contributed by atoms with van der Waals surface area (Å²) in [5, 5.41) is 2.73. The molecule has 14 saturated carbocycles. The maximum absolute atomic E-state index is 2.71. The normalized spacial score (nSPS) is 28.4. The Morgan fingerprint density at radius 2 is 0.507 bits per heavy atom. The third kappa shape index (κ3) is 15.3. The molecule has 724 valence electrons. The molecular formula is C140H143N3S. The van der Waals surface area contributed by atoms with Gasteiger partial charge in [0.2, 0.25) is 0 Å². The molecule has 31 rings (SSSR count). The van der Waals surface area contributed by atoms with Gasteiger partial charge in [-0.25, -0.2) is 0 Å². The van der Waals surface area contributed by atoms with Crippen molar-refractivity contribution in [2.45, 2.75) is 265 Å². The number of anilines is 9. The van der Waals surface area contributed by atoms with E-state index >= 15 is 0 Å². The first-order chi connectivity index (χ1) is 71.3. The van der Waals surface area contributed by atoms with E-state index in [0.717, 1.165) is 118 Å². The van der Waals surface area contributed by atoms with Crippen LogP contribution >= 0.6 is 11.3 Å². The van der Waals surface area contributed by atoms with Gasteiger partial charge >= 0.3 is 0 Å². The van der Waals surface area contributed by atoms with Gasteiger partial charge in [0.15, 0.2) is 0 Å². The van der Waals surface area contributed by atoms with Crippen molar-refractivity contribution >= 4 is 82.7 Å². The molecule has 18 unspecified atom stereocenters. The number of fused-ring (bicyclic) bond motifs is 21. The van der Waals surface area contributed by atoms with Crippen LogP contribution in [0.2, 0.25) is 0 Å². The Bertz CT molecular complexity index is 6920. The largest absolute Gasteiger partial charge is 0.311 e. The molecule has 3 nitrogen and oxygen atoms in total. The maximum atomic E-state index is 2.71. The Morgan fingerprint density at radius 1 is 0.208 bits per heavy atom. The predicted octanol–water partition coefficient (Wildman–Crippen LogP) is 39.0. The van der Waals surface area contributed by atoms with Gasteiger partial charge in [0.05, 0.1) is 11.1 Å². The molecule has 1 heterocycles. The number of rotatable bonds is 19. The molecule has 12 bridgehead atoms. The lowest BCUT2D eigenvalue weighted by Gasteiger charge is -2.49. The average molecular weight is 1900 g/mol. The molecule has 0 aliphatic heterocycles. The Labute approximate surface area is 861 Å². The van der Waals surface area contributed by atoms with E-state index in [9.17, 15) is 0 Å². The molecule has 0 N–H and O–H groups in total. The van der Waals surface area contributed by atoms with Crippen LogP contribution in [0.15, 0.2) is 334 Å². The van der Waals surface area contributed by atoms with Gasteiger partial charge in [0.1, 0.15) is 0 Å². The summed E-state index contributed by atoms with van der Waals surface area (Å²) in [6.45, 7) is 0. The Hall–Kier alpha value is -11.3. The summed E-state index contributed by atoms with van der Waals surface area (Å²) >= 11 is 1.91. The fourth-order valence-electron chi connectivity index (χ4n) is 35.8. The second-order valence-corrected chi connectivity index (χ2v) is 50.1. The summed E-state index contributed by atoms with van der Waals surface area (Å²) < 4.78 is 2.73. The van der Waals surface area contributed by atoms with E-state index in [1.807, 2.05) is 11.3 Å². The molecule has 144 heavy (non-hydrogen) atoms. The minimum absolute atomic E-state index is 0.131. The van der Waals surface area contributed by atoms with Crippen LogP contribution in [-0.4, -0.2) is 0 Å². The van der Waals surface area contributed by atoms with E-state index < -0.39 is 0 Å². The molecule has 1 aromatic heterocycles. The predicted molar refractivity (Wildman–Crippen MR) is 602 cm³/mol. The third-order valence-corrected chi connectivity index (χ3v) is 43.2. The summed E-state index contributed by atoms with van der Waals surface area (Å²) in [6.07, 6.45) is 48.4. The third-order valence-electron chi connectivity index (χ3n) is 42.1. The fraction of sp³-hybridized carbons (Fsp3) is 0.400. The fourth-order valence-corrected chi connectivity index (χ4v) is 36.9. The number of hydrogen-bond acceptors (Lipinski definition) is 4. The minimum atomic E-state index is -0.386. The van der Waals surface area contributed by atoms with Gasteiger partial charge in [-0.3, -0.25) is 0 Å². The highest BCUT2D eigenvalue weighted by Crippen LogP contribution is 2.66. The van der Waals surface area contributed by atoms with Gasteiger partial charge in [0.25, 0.3) is 0 Å². The van der Waals surface area contributed by atoms with Crippen molar-refractivity contribution in [3.05, 3.63) is 400 Å². The van der Waals surface area contributed by atoms with Crippen LogP contribution in [-0.2, 0) is 10.8 Å². The van der Waals surface area contributed by atoms with Crippen LogP contribution < -0.4 is 14.7 Å². The highest BCUT2D eigenvalue weighted by molar-refractivity contribution is 7.26. The van der Waals surface area contributed by atoms with Crippen molar-refractivity contribution < 1.29 is 0 Å². The number of nitrogens with zero attached hydrogens (tertiary/aromatic N) is 3. The summed E-state index contributed by atoms with van der Waals surface area (Å²) in [4.78, 5) is 7.65. The van der Waals surface area contributed by atoms with Gasteiger partial charge in [-0.1, -0.05) is 295 Å². The summed E-state index contributed by atoms with van der Waals surface area (Å²) in [5.74, 6) is 17.3. The quantitative estimate of drug-likeness (QED) is 0.0799. The lowest BCUT2D eigenvalue weighted by Crippen LogP contribution is -2.44. The summed E-state index contributed by atoms with van der Waals surface area (Å²) in [6, 6.07) is 131. The van der Waals surface area contributed by atoms with Crippen molar-refractivity contribution in [2.75, 3.05) is 14.7 Å². The van der Waals surface area contributed by atoms with E-state index in [1.165, 1.54) is 334 Å². The topological polar surface area (TPSA) is 9.72 Å². The van der Waals surface area contributed by atoms with E-state index in [2.05, 4.69) is 348 Å². The standard InChI is InChI=1S/C51H59N.C51H47N.C38H37NS/c1-3-9-40(10-4-1)51(41-11-5-2-6-12-41)49-14-8-7-13-45(49)46-28-27-44(33-50(46)51)52(42-23-19-36(20-24-42)47-31-34-15-17-38(47)29-34)43-25-21-37(22-26-43)48-32-35-16-18-39(48)30-35;1-2-8-40(9-3-1)51(49-12-6-4-10-45(49)46-11-5-7-13-50(46)51)41-22-28-44(29-23-41)52(42-24-18-36(19-25-42)47-32-34-14-16-38(47)30-34)43-26-20-37(21-27-43)48-33-35-15-17-39(48)31-35;1-2-6-36-32(4-1)38-35(5-3-7-37(38)40-36)39(30-16-12-26(13-17-30)33-22-24-8-10-28(33)20-24)31-18-14-27(15-19-31)34-23-25-9-11-29(34)21-25/h7-8,13-14,19-28,33-35,38-41,47-48H,1-6,9-12,15-18,29-32H2;1-13,18-29,34-35,38-39,47-48H,14-17,30-33H2;1-7,12-19,24-25,28-29,33-34H,8-11,20-23H2. The first-order valence-corrected chi connectivity index (χ1v) is 58.6. The van der Waals surface area contributed by atoms with Gasteiger partial charge < -0.3 is 14.7 Å². The second kappa shape index (κ2) is 37.0. The molecule has 0 spiro atoms. The van der Waals surface area contributed by atoms with E-state index in [1.54, 1.807) is 44.5 Å². The van der Waals surface area contributed by atoms with Crippen LogP contribution in [0.3, 0.4) is 0 Å². The number of benzene rings is 14. The molecule has 16 aliphatic rings. The Balaban J connectivity index is 0.000000104. The maximum Gasteiger partial charge on any atom is 0.0713 e. The molecule has 15 aromatic rings. The minimum Gasteiger partial charge on any atom is -0.311 e. The zero-order valence-corrected chi connectivity index (χ0v) is 85.4. The van der Waals surface area contributed by atoms with Gasteiger partial charge in [-0.2, -0.15) is 0 Å². The lowest BCUT2D eigenvalue weighted by molar-refractivity contribution is 0.137. The lowest BCUT2D eigenvalue weighted by atomic mass is 9.55. The first-order valence-electron chi connectivity index (χ1n) is 57.8. The molecule has 14 fully saturated rings. The number of thiophene rings is 1. The summed E-state index contributed by atoms with van der Waals surface area (Å²) in [5.41, 5.74) is 35.0. The highest BCUT2D eigenvalue weighted by atomic mass is 32.1. The van der Waals surface area contributed by atoms with Crippen molar-refractivity contribution in [1.29, 1.82) is 0 Å². The van der Waals surface area contributed by atoms with Crippen molar-refractivity contribution in [3.63, 3.8) is 0 Å². The number of hydrogen-bond donors (Lipinski definition) is 0. The molecule has 14 aromatic carbocycles. The second-order valence-electron chi connectivity index (χ2n) is 49.1. The van der Waals surface area contributed by atoms with E-state index in [-0.39, 0.29) is 10.8 Å². The van der Waals surface area contributed by atoms with Crippen LogP contribution in [0.5, 0.6) is 0 Å². The zero-order chi connectivity index (χ0) is 94.7. The molecular weight excluding hydrogens is 1760 g/mol. The zero-order valence-electron chi connectivity index (χ0n) is 84.6. The Morgan fingerprint density at radius 3 is 0.875 bits per heavy atom. The van der Waals surface area contributed by atoms with Crippen molar-refractivity contribution in [2.24, 2.45) is 82.9 Å². The van der Waals surface area contributed by atoms with Crippen LogP contribution in [0.4, 0.5) is 51.2 Å². The van der Waals surface area contributed by atoms with Crippen LogP contribution in [0, 0.1) is 82.9 Å². The SMILES string of the molecule is c1ccc(C2(c3ccc(N(c4ccc(C5CC6CCC5C6)cc4)c4ccc(C5CC6CCC5C6)cc4)cc3)c3ccccc3-c3ccccc32)cc1.c1ccc2c(c1)-c1ccc(N(c3ccc(C4CC5CCC4C5)cc3)c3ccc(C4CC5CCC4C5)cc3)cc1C2(C1CCCCC1)C1CCCCC1.c1ccc2c(c1)sc1cccc(N(c3ccc(C4CC5CCC4C5)cc3)c3ccc(C4CC5CCC4C5)cc3)c12. The van der Waals surface area contributed by atoms with Crippen LogP contribution in [0.25, 0.3) is 42.4 Å². The molecule has 0 radical (unpaired) electrons. The molecule has 4 heteroatoms. The van der Waals surface area contributed by atoms with Crippen LogP contribution in [0.1, 0.15) is 321 Å². The molecule has 0 saturated heterocycles. The average Bonchev–Trinajstić information content (AvgIpc) is 1.54. The summed E-state index contributed by atoms with van der Waals surface area (Å²) in [7, 11) is 0. The molecule has 0 amide bonds. The van der Waals surface area contributed by atoms with Crippen molar-refractivity contribution in [1.82, 2.24) is 0 Å². The highest BCUT2D eigenvalue weighted by Gasteiger charge is 2.55.